The summed E-state index contributed by atoms with van der Waals surface area (Å²) in [4.78, 5) is 0. The zero-order chi connectivity index (χ0) is 17.9. The molecule has 0 radical (unpaired) electrons. The van der Waals surface area contributed by atoms with Gasteiger partial charge in [-0.25, -0.2) is 0 Å². The maximum atomic E-state index is 6.45. The second kappa shape index (κ2) is 7.81. The van der Waals surface area contributed by atoms with Gasteiger partial charge in [0.25, 0.3) is 0 Å². The van der Waals surface area contributed by atoms with Gasteiger partial charge in [-0.15, -0.1) is 0 Å². The van der Waals surface area contributed by atoms with Crippen LogP contribution in [-0.4, -0.2) is 33.4 Å². The maximum Gasteiger partial charge on any atom is 0.192 e. The molecule has 0 aromatic rings. The molecule has 136 valence electrons. The highest BCUT2D eigenvalue weighted by Gasteiger charge is 2.41. The summed E-state index contributed by atoms with van der Waals surface area (Å²) in [5.41, 5.74) is 1.23. The van der Waals surface area contributed by atoms with Crippen molar-refractivity contribution < 1.29 is 13.9 Å². The highest BCUT2D eigenvalue weighted by molar-refractivity contribution is 6.74. The molecule has 1 aliphatic rings. The number of rotatable bonds is 8. The smallest absolute Gasteiger partial charge is 0.192 e. The fourth-order valence-electron chi connectivity index (χ4n) is 3.11. The molecule has 1 fully saturated rings. The van der Waals surface area contributed by atoms with Crippen LogP contribution in [0.3, 0.4) is 0 Å². The number of hydrogen-bond acceptors (Lipinski definition) is 3. The molecule has 0 saturated carbocycles. The Kier molecular flexibility index (Phi) is 7.09. The first kappa shape index (κ1) is 20.9. The fourth-order valence-corrected chi connectivity index (χ4v) is 4.55. The van der Waals surface area contributed by atoms with Gasteiger partial charge in [-0.3, -0.25) is 0 Å². The van der Waals surface area contributed by atoms with Gasteiger partial charge >= 0.3 is 0 Å². The van der Waals surface area contributed by atoms with Gasteiger partial charge in [-0.1, -0.05) is 46.8 Å². The largest absolute Gasteiger partial charge is 0.414 e. The molecular formula is C19H38O3Si. The Morgan fingerprint density at radius 2 is 1.70 bits per heavy atom. The van der Waals surface area contributed by atoms with Crippen molar-refractivity contribution in [2.45, 2.75) is 90.8 Å². The number of ether oxygens (including phenoxy) is 2. The van der Waals surface area contributed by atoms with E-state index in [0.29, 0.717) is 19.1 Å². The van der Waals surface area contributed by atoms with Gasteiger partial charge in [0, 0.05) is 12.0 Å². The van der Waals surface area contributed by atoms with Gasteiger partial charge in [0.1, 0.15) is 0 Å². The minimum absolute atomic E-state index is 0.221. The third kappa shape index (κ3) is 5.41. The summed E-state index contributed by atoms with van der Waals surface area (Å²) >= 11 is 0. The van der Waals surface area contributed by atoms with E-state index in [-0.39, 0.29) is 11.1 Å². The van der Waals surface area contributed by atoms with E-state index in [0.717, 1.165) is 19.3 Å². The molecule has 0 N–H and O–H groups in total. The van der Waals surface area contributed by atoms with Crippen LogP contribution in [0, 0.1) is 5.92 Å². The minimum Gasteiger partial charge on any atom is -0.414 e. The summed E-state index contributed by atoms with van der Waals surface area (Å²) in [5, 5.41) is 0.244. The van der Waals surface area contributed by atoms with Crippen LogP contribution >= 0.6 is 0 Å². The van der Waals surface area contributed by atoms with Gasteiger partial charge in [0.2, 0.25) is 0 Å². The Morgan fingerprint density at radius 1 is 1.17 bits per heavy atom. The van der Waals surface area contributed by atoms with Crippen molar-refractivity contribution in [2.24, 2.45) is 5.92 Å². The molecule has 1 heterocycles. The molecule has 0 aromatic heterocycles. The van der Waals surface area contributed by atoms with Crippen molar-refractivity contribution in [3.63, 3.8) is 0 Å². The zero-order valence-corrected chi connectivity index (χ0v) is 17.6. The predicted octanol–water partition coefficient (Wildman–Crippen LogP) is 5.52. The molecular weight excluding hydrogens is 304 g/mol. The van der Waals surface area contributed by atoms with E-state index in [2.05, 4.69) is 61.2 Å². The Morgan fingerprint density at radius 3 is 2.13 bits per heavy atom. The summed E-state index contributed by atoms with van der Waals surface area (Å²) < 4.78 is 18.2. The lowest BCUT2D eigenvalue weighted by Gasteiger charge is -2.39. The van der Waals surface area contributed by atoms with Crippen molar-refractivity contribution in [2.75, 3.05) is 13.2 Å². The Bertz CT molecular complexity index is 392. The van der Waals surface area contributed by atoms with Gasteiger partial charge in [-0.2, -0.15) is 0 Å². The summed E-state index contributed by atoms with van der Waals surface area (Å²) in [7, 11) is -1.71. The van der Waals surface area contributed by atoms with Crippen molar-refractivity contribution >= 4 is 8.32 Å². The second-order valence-corrected chi connectivity index (χ2v) is 13.4. The number of hydrogen-bond donors (Lipinski definition) is 0. The molecule has 1 unspecified atom stereocenters. The molecule has 2 atom stereocenters. The van der Waals surface area contributed by atoms with Gasteiger partial charge in [-0.05, 0) is 44.3 Å². The van der Waals surface area contributed by atoms with Crippen LogP contribution in [0.4, 0.5) is 0 Å². The summed E-state index contributed by atoms with van der Waals surface area (Å²) in [6.07, 6.45) is 2.95. The standard InChI is InChI=1S/C19H38O3Si/c1-10-19(20-11-12-21-19)16(3)13-15(2)14-17(4)22-23(8,9)18(5,6)7/h16-17H,2,10-14H2,1,3-9H3/t16?,17-/m1/s1. The summed E-state index contributed by atoms with van der Waals surface area (Å²) in [6, 6.07) is 0. The van der Waals surface area contributed by atoms with Crippen LogP contribution in [0.5, 0.6) is 0 Å². The minimum atomic E-state index is -1.71. The van der Waals surface area contributed by atoms with Gasteiger partial charge in [0.15, 0.2) is 14.1 Å². The molecule has 0 spiro atoms. The normalized spacial score (nSPS) is 21.2. The predicted molar refractivity (Wildman–Crippen MR) is 100 cm³/mol. The SMILES string of the molecule is C=C(CC(C)C1(CC)OCCO1)C[C@@H](C)O[Si](C)(C)C(C)(C)C. The van der Waals surface area contributed by atoms with Crippen LogP contribution < -0.4 is 0 Å². The van der Waals surface area contributed by atoms with E-state index in [4.69, 9.17) is 13.9 Å². The molecule has 0 amide bonds. The van der Waals surface area contributed by atoms with Crippen molar-refractivity contribution in [1.82, 2.24) is 0 Å². The maximum absolute atomic E-state index is 6.45. The van der Waals surface area contributed by atoms with Crippen LogP contribution in [-0.2, 0) is 13.9 Å². The molecule has 1 saturated heterocycles. The molecule has 0 bridgehead atoms. The molecule has 0 aliphatic carbocycles. The highest BCUT2D eigenvalue weighted by Crippen LogP contribution is 2.39. The molecule has 1 rings (SSSR count). The second-order valence-electron chi connectivity index (χ2n) is 8.61. The average Bonchev–Trinajstić information content (AvgIpc) is 2.85. The van der Waals surface area contributed by atoms with Gasteiger partial charge in [0.05, 0.1) is 13.2 Å². The van der Waals surface area contributed by atoms with Crippen molar-refractivity contribution in [3.05, 3.63) is 12.2 Å². The lowest BCUT2D eigenvalue weighted by Crippen LogP contribution is -2.43. The molecule has 4 heteroatoms. The molecule has 23 heavy (non-hydrogen) atoms. The lowest BCUT2D eigenvalue weighted by molar-refractivity contribution is -0.193. The van der Waals surface area contributed by atoms with Crippen LogP contribution in [0.25, 0.3) is 0 Å². The van der Waals surface area contributed by atoms with Crippen molar-refractivity contribution in [1.29, 1.82) is 0 Å². The highest BCUT2D eigenvalue weighted by atomic mass is 28.4. The van der Waals surface area contributed by atoms with E-state index in [9.17, 15) is 0 Å². The average molecular weight is 343 g/mol. The van der Waals surface area contributed by atoms with Crippen molar-refractivity contribution in [3.8, 4) is 0 Å². The van der Waals surface area contributed by atoms with E-state index < -0.39 is 14.1 Å². The summed E-state index contributed by atoms with van der Waals surface area (Å²) in [6.45, 7) is 23.7. The van der Waals surface area contributed by atoms with Crippen LogP contribution in [0.1, 0.15) is 60.8 Å². The first-order valence-corrected chi connectivity index (χ1v) is 12.0. The summed E-state index contributed by atoms with van der Waals surface area (Å²) in [5.74, 6) is -0.0884. The third-order valence-electron chi connectivity index (χ3n) is 5.49. The zero-order valence-electron chi connectivity index (χ0n) is 16.6. The van der Waals surface area contributed by atoms with E-state index in [1.54, 1.807) is 0 Å². The Hall–Kier alpha value is -0.163. The fraction of sp³-hybridized carbons (Fsp3) is 0.895. The lowest BCUT2D eigenvalue weighted by atomic mass is 9.90. The first-order chi connectivity index (χ1) is 10.4. The third-order valence-corrected chi connectivity index (χ3v) is 10.1. The topological polar surface area (TPSA) is 27.7 Å². The van der Waals surface area contributed by atoms with Gasteiger partial charge < -0.3 is 13.9 Å². The Labute approximate surface area is 144 Å². The van der Waals surface area contributed by atoms with Crippen LogP contribution in [0.2, 0.25) is 18.1 Å². The van der Waals surface area contributed by atoms with Crippen LogP contribution in [0.15, 0.2) is 12.2 Å². The molecule has 3 nitrogen and oxygen atoms in total. The first-order valence-electron chi connectivity index (χ1n) is 9.06. The van der Waals surface area contributed by atoms with E-state index >= 15 is 0 Å². The Balaban J connectivity index is 2.53. The molecule has 0 aromatic carbocycles. The monoisotopic (exact) mass is 342 g/mol. The molecule has 1 aliphatic heterocycles. The quantitative estimate of drug-likeness (QED) is 0.429. The van der Waals surface area contributed by atoms with E-state index in [1.165, 1.54) is 5.57 Å². The van der Waals surface area contributed by atoms with E-state index in [1.807, 2.05) is 0 Å².